The summed E-state index contributed by atoms with van der Waals surface area (Å²) in [4.78, 5) is 24.2. The number of hydrogen-bond donors (Lipinski definition) is 2. The summed E-state index contributed by atoms with van der Waals surface area (Å²) < 4.78 is 1.57. The number of para-hydroxylation sites is 1. The third-order valence-corrected chi connectivity index (χ3v) is 4.75. The Morgan fingerprint density at radius 1 is 1.33 bits per heavy atom. The van der Waals surface area contributed by atoms with Crippen molar-refractivity contribution in [3.05, 3.63) is 40.3 Å². The minimum Gasteiger partial charge on any atom is -0.325 e. The lowest BCUT2D eigenvalue weighted by Crippen LogP contribution is -2.24. The van der Waals surface area contributed by atoms with E-state index in [2.05, 4.69) is 29.4 Å². The summed E-state index contributed by atoms with van der Waals surface area (Å²) in [5.41, 5.74) is 1.70. The highest BCUT2D eigenvalue weighted by Gasteiger charge is 2.20. The molecule has 130 valence electrons. The van der Waals surface area contributed by atoms with Gasteiger partial charge in [0.05, 0.1) is 5.25 Å². The molecule has 24 heavy (non-hydrogen) atoms. The van der Waals surface area contributed by atoms with Gasteiger partial charge in [-0.15, -0.1) is 5.10 Å². The monoisotopic (exact) mass is 348 g/mol. The lowest BCUT2D eigenvalue weighted by molar-refractivity contribution is -0.115. The third-order valence-electron chi connectivity index (χ3n) is 3.66. The van der Waals surface area contributed by atoms with Crippen molar-refractivity contribution in [1.29, 1.82) is 0 Å². The van der Waals surface area contributed by atoms with Crippen molar-refractivity contribution in [3.8, 4) is 0 Å². The highest BCUT2D eigenvalue weighted by atomic mass is 32.2. The molecule has 0 aliphatic rings. The van der Waals surface area contributed by atoms with Crippen LogP contribution < -0.4 is 11.0 Å². The van der Waals surface area contributed by atoms with E-state index in [1.54, 1.807) is 4.57 Å². The largest absolute Gasteiger partial charge is 0.343 e. The van der Waals surface area contributed by atoms with Gasteiger partial charge >= 0.3 is 5.69 Å². The fourth-order valence-electron chi connectivity index (χ4n) is 2.37. The maximum atomic E-state index is 12.5. The zero-order valence-corrected chi connectivity index (χ0v) is 15.3. The van der Waals surface area contributed by atoms with Gasteiger partial charge in [-0.1, -0.05) is 50.7 Å². The lowest BCUT2D eigenvalue weighted by atomic mass is 10.0. The molecular formula is C17H24N4O2S. The third kappa shape index (κ3) is 4.29. The fraction of sp³-hybridized carbons (Fsp3) is 0.471. The van der Waals surface area contributed by atoms with Gasteiger partial charge in [0, 0.05) is 12.2 Å². The number of aromatic nitrogens is 3. The minimum absolute atomic E-state index is 0.105. The summed E-state index contributed by atoms with van der Waals surface area (Å²) in [6, 6.07) is 7.80. The number of nitrogens with one attached hydrogen (secondary N) is 2. The number of H-pyrrole nitrogens is 1. The standard InChI is InChI=1S/C17H24N4O2S/c1-5-10-21-16(23)19-20-17(21)24-12(4)15(22)18-14-9-7-6-8-13(14)11(2)3/h6-9,11-12H,5,10H2,1-4H3,(H,18,22)(H,19,23)/t12-/m0/s1. The number of hydrogen-bond acceptors (Lipinski definition) is 4. The first-order chi connectivity index (χ1) is 11.4. The Kier molecular flexibility index (Phi) is 6.25. The van der Waals surface area contributed by atoms with Crippen LogP contribution in [-0.4, -0.2) is 25.9 Å². The van der Waals surface area contributed by atoms with Crippen molar-refractivity contribution in [3.63, 3.8) is 0 Å². The summed E-state index contributed by atoms with van der Waals surface area (Å²) in [6.07, 6.45) is 0.829. The SMILES string of the molecule is CCCn1c(S[C@@H](C)C(=O)Nc2ccccc2C(C)C)n[nH]c1=O. The molecule has 2 rings (SSSR count). The van der Waals surface area contributed by atoms with Crippen molar-refractivity contribution >= 4 is 23.4 Å². The lowest BCUT2D eigenvalue weighted by Gasteiger charge is -2.16. The van der Waals surface area contributed by atoms with Crippen LogP contribution in [0.5, 0.6) is 0 Å². The predicted octanol–water partition coefficient (Wildman–Crippen LogP) is 3.22. The fourth-order valence-corrected chi connectivity index (χ4v) is 3.26. The second kappa shape index (κ2) is 8.19. The molecule has 0 bridgehead atoms. The van der Waals surface area contributed by atoms with Crippen LogP contribution in [0.25, 0.3) is 0 Å². The van der Waals surface area contributed by atoms with E-state index in [9.17, 15) is 9.59 Å². The Balaban J connectivity index is 2.10. The zero-order chi connectivity index (χ0) is 17.7. The molecule has 0 saturated heterocycles. The van der Waals surface area contributed by atoms with E-state index in [4.69, 9.17) is 0 Å². The summed E-state index contributed by atoms with van der Waals surface area (Å²) in [5, 5.41) is 9.63. The van der Waals surface area contributed by atoms with E-state index < -0.39 is 0 Å². The van der Waals surface area contributed by atoms with Crippen molar-refractivity contribution in [2.75, 3.05) is 5.32 Å². The molecule has 1 atom stereocenters. The second-order valence-electron chi connectivity index (χ2n) is 5.95. The maximum absolute atomic E-state index is 12.5. The van der Waals surface area contributed by atoms with E-state index >= 15 is 0 Å². The Bertz CT molecular complexity index is 751. The number of benzene rings is 1. The molecule has 1 aromatic heterocycles. The maximum Gasteiger partial charge on any atom is 0.343 e. The van der Waals surface area contributed by atoms with E-state index in [-0.39, 0.29) is 16.8 Å². The molecule has 0 aliphatic carbocycles. The molecule has 2 aromatic rings. The van der Waals surface area contributed by atoms with Crippen molar-refractivity contribution in [2.45, 2.75) is 57.0 Å². The van der Waals surface area contributed by atoms with Gasteiger partial charge in [0.2, 0.25) is 5.91 Å². The molecule has 2 N–H and O–H groups in total. The molecule has 7 heteroatoms. The summed E-state index contributed by atoms with van der Waals surface area (Å²) in [7, 11) is 0. The van der Waals surface area contributed by atoms with Crippen molar-refractivity contribution in [1.82, 2.24) is 14.8 Å². The molecule has 0 unspecified atom stereocenters. The number of nitrogens with zero attached hydrogens (tertiary/aromatic N) is 2. The van der Waals surface area contributed by atoms with E-state index in [0.717, 1.165) is 17.7 Å². The van der Waals surface area contributed by atoms with Gasteiger partial charge in [0.15, 0.2) is 5.16 Å². The Morgan fingerprint density at radius 2 is 2.04 bits per heavy atom. The van der Waals surface area contributed by atoms with Crippen LogP contribution in [0.2, 0.25) is 0 Å². The Morgan fingerprint density at radius 3 is 2.71 bits per heavy atom. The number of carbonyl (C=O) groups excluding carboxylic acids is 1. The average molecular weight is 348 g/mol. The van der Waals surface area contributed by atoms with Crippen LogP contribution in [0.3, 0.4) is 0 Å². The van der Waals surface area contributed by atoms with Crippen LogP contribution in [0, 0.1) is 0 Å². The second-order valence-corrected chi connectivity index (χ2v) is 7.26. The molecular weight excluding hydrogens is 324 g/mol. The van der Waals surface area contributed by atoms with Crippen LogP contribution in [0.15, 0.2) is 34.2 Å². The number of rotatable bonds is 7. The smallest absolute Gasteiger partial charge is 0.325 e. The van der Waals surface area contributed by atoms with Gasteiger partial charge in [-0.3, -0.25) is 9.36 Å². The Hall–Kier alpha value is -2.02. The van der Waals surface area contributed by atoms with E-state index in [1.807, 2.05) is 38.1 Å². The molecule has 0 radical (unpaired) electrons. The van der Waals surface area contributed by atoms with Crippen molar-refractivity contribution in [2.24, 2.45) is 0 Å². The summed E-state index contributed by atoms with van der Waals surface area (Å²) >= 11 is 1.28. The molecule has 0 spiro atoms. The van der Waals surface area contributed by atoms with Crippen LogP contribution in [0.1, 0.15) is 45.6 Å². The average Bonchev–Trinajstić information content (AvgIpc) is 2.88. The summed E-state index contributed by atoms with van der Waals surface area (Å²) in [5.74, 6) is 0.220. The predicted molar refractivity (Wildman–Crippen MR) is 97.6 cm³/mol. The van der Waals surface area contributed by atoms with Crippen molar-refractivity contribution < 1.29 is 4.79 Å². The molecule has 1 amide bonds. The van der Waals surface area contributed by atoms with Crippen LogP contribution >= 0.6 is 11.8 Å². The minimum atomic E-state index is -0.365. The number of thioether (sulfide) groups is 1. The normalized spacial score (nSPS) is 12.4. The van der Waals surface area contributed by atoms with Crippen LogP contribution in [-0.2, 0) is 11.3 Å². The molecule has 0 fully saturated rings. The zero-order valence-electron chi connectivity index (χ0n) is 14.5. The van der Waals surface area contributed by atoms with Gasteiger partial charge in [-0.2, -0.15) is 0 Å². The van der Waals surface area contributed by atoms with Gasteiger partial charge in [-0.25, -0.2) is 9.89 Å². The molecule has 1 heterocycles. The number of amides is 1. The first kappa shape index (κ1) is 18.3. The van der Waals surface area contributed by atoms with Gasteiger partial charge in [0.1, 0.15) is 0 Å². The van der Waals surface area contributed by atoms with Gasteiger partial charge in [-0.05, 0) is 30.9 Å². The highest BCUT2D eigenvalue weighted by Crippen LogP contribution is 2.26. The molecule has 0 aliphatic heterocycles. The summed E-state index contributed by atoms with van der Waals surface area (Å²) in [6.45, 7) is 8.58. The first-order valence-electron chi connectivity index (χ1n) is 8.15. The number of carbonyl (C=O) groups is 1. The van der Waals surface area contributed by atoms with Gasteiger partial charge < -0.3 is 5.32 Å². The highest BCUT2D eigenvalue weighted by molar-refractivity contribution is 8.00. The molecule has 1 aromatic carbocycles. The number of aromatic amines is 1. The molecule has 0 saturated carbocycles. The Labute approximate surface area is 146 Å². The number of anilines is 1. The molecule has 6 nitrogen and oxygen atoms in total. The quantitative estimate of drug-likeness (QED) is 0.753. The van der Waals surface area contributed by atoms with E-state index in [1.165, 1.54) is 11.8 Å². The topological polar surface area (TPSA) is 79.8 Å². The van der Waals surface area contributed by atoms with Crippen LogP contribution in [0.4, 0.5) is 5.69 Å². The van der Waals surface area contributed by atoms with E-state index in [0.29, 0.717) is 17.6 Å². The van der Waals surface area contributed by atoms with Gasteiger partial charge in [0.25, 0.3) is 0 Å². The first-order valence-corrected chi connectivity index (χ1v) is 9.03.